The van der Waals surface area contributed by atoms with E-state index >= 15 is 0 Å². The van der Waals surface area contributed by atoms with Gasteiger partial charge >= 0.3 is 5.97 Å². The molecule has 1 saturated heterocycles. The molecule has 8 heteroatoms. The molecule has 4 unspecified atom stereocenters. The maximum Gasteiger partial charge on any atom is 0.329 e. The molecule has 2 heterocycles. The van der Waals surface area contributed by atoms with Crippen molar-refractivity contribution in [2.45, 2.75) is 95.8 Å². The first-order valence-electron chi connectivity index (χ1n) is 13.3. The molecule has 3 fully saturated rings. The van der Waals surface area contributed by atoms with Gasteiger partial charge in [-0.1, -0.05) is 38.5 Å². The van der Waals surface area contributed by atoms with E-state index in [0.717, 1.165) is 25.9 Å². The number of nitrogens with one attached hydrogen (secondary N) is 1. The Hall–Kier alpha value is -2.35. The number of aromatic hydroxyl groups is 1. The van der Waals surface area contributed by atoms with Gasteiger partial charge in [0.2, 0.25) is 0 Å². The van der Waals surface area contributed by atoms with Gasteiger partial charge in [0.15, 0.2) is 17.2 Å². The minimum Gasteiger partial charge on any atom is -0.503 e. The van der Waals surface area contributed by atoms with E-state index in [1.54, 1.807) is 0 Å². The maximum atomic E-state index is 13.1. The highest BCUT2D eigenvalue weighted by Crippen LogP contribution is 2.37. The van der Waals surface area contributed by atoms with Gasteiger partial charge in [0.1, 0.15) is 12.1 Å². The lowest BCUT2D eigenvalue weighted by atomic mass is 9.78. The Morgan fingerprint density at radius 3 is 2.60 bits per heavy atom. The Balaban J connectivity index is 1.45. The third-order valence-corrected chi connectivity index (χ3v) is 7.79. The monoisotopic (exact) mass is 488 g/mol. The molecule has 1 aromatic rings. The van der Waals surface area contributed by atoms with Gasteiger partial charge in [-0.3, -0.25) is 4.79 Å². The molecule has 0 aromatic carbocycles. The average molecular weight is 489 g/mol. The van der Waals surface area contributed by atoms with E-state index in [0.29, 0.717) is 24.2 Å². The van der Waals surface area contributed by atoms with Crippen LogP contribution in [-0.4, -0.2) is 53.9 Å². The Morgan fingerprint density at radius 2 is 1.89 bits per heavy atom. The summed E-state index contributed by atoms with van der Waals surface area (Å²) in [6.07, 6.45) is 13.1. The van der Waals surface area contributed by atoms with Crippen LogP contribution in [0.25, 0.3) is 0 Å². The number of rotatable bonds is 8. The fourth-order valence-electron chi connectivity index (χ4n) is 5.61. The lowest BCUT2D eigenvalue weighted by molar-refractivity contribution is -0.161. The summed E-state index contributed by atoms with van der Waals surface area (Å²) < 4.78 is 17.4. The molecule has 0 bridgehead atoms. The van der Waals surface area contributed by atoms with Crippen LogP contribution in [0.5, 0.6) is 11.5 Å². The van der Waals surface area contributed by atoms with Crippen LogP contribution >= 0.6 is 0 Å². The second-order valence-corrected chi connectivity index (χ2v) is 10.6. The van der Waals surface area contributed by atoms with Crippen LogP contribution in [0.15, 0.2) is 12.3 Å². The van der Waals surface area contributed by atoms with E-state index in [1.165, 1.54) is 64.3 Å². The molecule has 4 rings (SSSR count). The second-order valence-electron chi connectivity index (χ2n) is 10.6. The minimum absolute atomic E-state index is 0.125. The summed E-state index contributed by atoms with van der Waals surface area (Å²) in [5.74, 6) is 0.383. The SMILES string of the molecule is COc1ccnc(C(=O)NC2CCCC(CC3CCCCC3)C(OCC3CC3)C(C)OC2=O)c1O. The second kappa shape index (κ2) is 12.1. The van der Waals surface area contributed by atoms with Gasteiger partial charge in [-0.2, -0.15) is 0 Å². The largest absolute Gasteiger partial charge is 0.503 e. The smallest absolute Gasteiger partial charge is 0.329 e. The van der Waals surface area contributed by atoms with E-state index in [4.69, 9.17) is 14.2 Å². The Bertz CT molecular complexity index is 867. The van der Waals surface area contributed by atoms with Gasteiger partial charge < -0.3 is 24.6 Å². The van der Waals surface area contributed by atoms with Gasteiger partial charge in [0.25, 0.3) is 5.91 Å². The predicted octanol–water partition coefficient (Wildman–Crippen LogP) is 4.39. The summed E-state index contributed by atoms with van der Waals surface area (Å²) >= 11 is 0. The Labute approximate surface area is 208 Å². The summed E-state index contributed by atoms with van der Waals surface area (Å²) in [5.41, 5.74) is -0.175. The van der Waals surface area contributed by atoms with Crippen molar-refractivity contribution in [3.63, 3.8) is 0 Å². The van der Waals surface area contributed by atoms with Crippen LogP contribution in [0.1, 0.15) is 88.0 Å². The van der Waals surface area contributed by atoms with Crippen LogP contribution in [-0.2, 0) is 14.3 Å². The first-order valence-corrected chi connectivity index (χ1v) is 13.3. The number of aromatic nitrogens is 1. The van der Waals surface area contributed by atoms with Crippen molar-refractivity contribution in [2.24, 2.45) is 17.8 Å². The molecule has 2 saturated carbocycles. The number of cyclic esters (lactones) is 1. The van der Waals surface area contributed by atoms with Crippen molar-refractivity contribution in [3.05, 3.63) is 18.0 Å². The zero-order valence-electron chi connectivity index (χ0n) is 21.0. The van der Waals surface area contributed by atoms with Gasteiger partial charge in [-0.25, -0.2) is 9.78 Å². The standard InChI is InChI=1S/C27H40N2O6/c1-17-25(34-16-19-11-12-19)20(15-18-7-4-3-5-8-18)9-6-10-21(27(32)35-17)29-26(31)23-24(30)22(33-2)13-14-28-23/h13-14,17-21,25,30H,3-12,15-16H2,1-2H3,(H,29,31). The topological polar surface area (TPSA) is 107 Å². The molecule has 3 aliphatic rings. The molecular weight excluding hydrogens is 448 g/mol. The Kier molecular flexibility index (Phi) is 8.87. The lowest BCUT2D eigenvalue weighted by Gasteiger charge is -2.34. The van der Waals surface area contributed by atoms with Crippen LogP contribution < -0.4 is 10.1 Å². The van der Waals surface area contributed by atoms with E-state index in [9.17, 15) is 14.7 Å². The Morgan fingerprint density at radius 1 is 1.11 bits per heavy atom. The molecule has 1 amide bonds. The zero-order valence-corrected chi connectivity index (χ0v) is 21.0. The molecule has 2 aliphatic carbocycles. The molecular formula is C27H40N2O6. The predicted molar refractivity (Wildman–Crippen MR) is 130 cm³/mol. The number of nitrogens with zero attached hydrogens (tertiary/aromatic N) is 1. The normalized spacial score (nSPS) is 28.3. The molecule has 1 aromatic heterocycles. The first kappa shape index (κ1) is 25.7. The third-order valence-electron chi connectivity index (χ3n) is 7.79. The molecule has 0 radical (unpaired) electrons. The third kappa shape index (κ3) is 6.87. The van der Waals surface area contributed by atoms with E-state index in [2.05, 4.69) is 10.3 Å². The van der Waals surface area contributed by atoms with E-state index in [-0.39, 0.29) is 23.3 Å². The van der Waals surface area contributed by atoms with Crippen molar-refractivity contribution in [2.75, 3.05) is 13.7 Å². The van der Waals surface area contributed by atoms with Crippen molar-refractivity contribution >= 4 is 11.9 Å². The number of esters is 1. The van der Waals surface area contributed by atoms with Crippen LogP contribution in [0.3, 0.4) is 0 Å². The highest BCUT2D eigenvalue weighted by molar-refractivity contribution is 5.97. The number of hydrogen-bond donors (Lipinski definition) is 2. The van der Waals surface area contributed by atoms with Crippen molar-refractivity contribution in [1.29, 1.82) is 0 Å². The summed E-state index contributed by atoms with van der Waals surface area (Å²) in [5, 5.41) is 13.0. The molecule has 8 nitrogen and oxygen atoms in total. The minimum atomic E-state index is -0.810. The maximum absolute atomic E-state index is 13.1. The molecule has 4 atom stereocenters. The van der Waals surface area contributed by atoms with Crippen molar-refractivity contribution in [3.8, 4) is 11.5 Å². The van der Waals surface area contributed by atoms with Gasteiger partial charge in [-0.15, -0.1) is 0 Å². The van der Waals surface area contributed by atoms with Gasteiger partial charge in [0, 0.05) is 18.9 Å². The summed E-state index contributed by atoms with van der Waals surface area (Å²) in [4.78, 5) is 29.9. The quantitative estimate of drug-likeness (QED) is 0.523. The highest BCUT2D eigenvalue weighted by atomic mass is 16.6. The summed E-state index contributed by atoms with van der Waals surface area (Å²) in [6.45, 7) is 2.65. The number of methoxy groups -OCH3 is 1. The van der Waals surface area contributed by atoms with E-state index in [1.807, 2.05) is 6.92 Å². The average Bonchev–Trinajstić information content (AvgIpc) is 3.67. The van der Waals surface area contributed by atoms with Gasteiger partial charge in [0.05, 0.1) is 13.2 Å². The number of carbonyl (C=O) groups is 2. The number of hydrogen-bond acceptors (Lipinski definition) is 7. The zero-order chi connectivity index (χ0) is 24.8. The fraction of sp³-hybridized carbons (Fsp3) is 0.741. The van der Waals surface area contributed by atoms with Crippen molar-refractivity contribution < 1.29 is 28.9 Å². The fourth-order valence-corrected chi connectivity index (χ4v) is 5.61. The molecule has 0 spiro atoms. The van der Waals surface area contributed by atoms with Gasteiger partial charge in [-0.05, 0) is 56.8 Å². The first-order chi connectivity index (χ1) is 17.0. The molecule has 35 heavy (non-hydrogen) atoms. The molecule has 194 valence electrons. The summed E-state index contributed by atoms with van der Waals surface area (Å²) in [6, 6.07) is 0.658. The lowest BCUT2D eigenvalue weighted by Crippen LogP contribution is -2.44. The summed E-state index contributed by atoms with van der Waals surface area (Å²) in [7, 11) is 1.40. The molecule has 1 aliphatic heterocycles. The van der Waals surface area contributed by atoms with Crippen LogP contribution in [0.2, 0.25) is 0 Å². The van der Waals surface area contributed by atoms with E-state index < -0.39 is 24.0 Å². The number of pyridine rings is 1. The highest BCUT2D eigenvalue weighted by Gasteiger charge is 2.37. The molecule has 2 N–H and O–H groups in total. The number of ether oxygens (including phenoxy) is 3. The number of amides is 1. The van der Waals surface area contributed by atoms with Crippen molar-refractivity contribution in [1.82, 2.24) is 10.3 Å². The van der Waals surface area contributed by atoms with Crippen LogP contribution in [0, 0.1) is 17.8 Å². The number of carbonyl (C=O) groups excluding carboxylic acids is 2. The van der Waals surface area contributed by atoms with Crippen LogP contribution in [0.4, 0.5) is 0 Å².